The molecule has 1 aliphatic rings. The molecule has 55 heavy (non-hydrogen) atoms. The summed E-state index contributed by atoms with van der Waals surface area (Å²) in [5.41, 5.74) is 12.0. The smallest absolute Gasteiger partial charge is 0.164 e. The molecule has 0 fully saturated rings. The molecule has 1 aromatic heterocycles. The van der Waals surface area contributed by atoms with Gasteiger partial charge in [-0.15, -0.1) is 0 Å². The summed E-state index contributed by atoms with van der Waals surface area (Å²) in [5, 5.41) is 12.5. The molecule has 4 nitrogen and oxygen atoms in total. The van der Waals surface area contributed by atoms with Crippen LogP contribution in [-0.2, 0) is 5.41 Å². The van der Waals surface area contributed by atoms with E-state index in [9.17, 15) is 5.26 Å². The van der Waals surface area contributed by atoms with Gasteiger partial charge in [-0.05, 0) is 62.0 Å². The first-order valence-corrected chi connectivity index (χ1v) is 18.4. The maximum absolute atomic E-state index is 10.5. The van der Waals surface area contributed by atoms with E-state index in [4.69, 9.17) is 15.0 Å². The SMILES string of the molecule is N#Cc1cc2c(c3ccccc13)-c1ccccc1C2(c1ccccc1)c1cccc(-c2ccc(-c3nc(-c4ccccc4)nc(-c4ccccc4)n3)cc2)c1. The summed E-state index contributed by atoms with van der Waals surface area (Å²) in [6, 6.07) is 69.9. The van der Waals surface area contributed by atoms with Crippen LogP contribution in [0.1, 0.15) is 27.8 Å². The molecule has 10 rings (SSSR count). The monoisotopic (exact) mass is 700 g/mol. The minimum absolute atomic E-state index is 0.621. The van der Waals surface area contributed by atoms with Crippen LogP contribution >= 0.6 is 0 Å². The summed E-state index contributed by atoms with van der Waals surface area (Å²) in [4.78, 5) is 14.8. The van der Waals surface area contributed by atoms with Gasteiger partial charge in [0.15, 0.2) is 17.5 Å². The van der Waals surface area contributed by atoms with Gasteiger partial charge in [-0.2, -0.15) is 5.26 Å². The lowest BCUT2D eigenvalue weighted by atomic mass is 9.67. The van der Waals surface area contributed by atoms with Crippen LogP contribution in [0, 0.1) is 11.3 Å². The first kappa shape index (κ1) is 32.2. The fraction of sp³-hybridized carbons (Fsp3) is 0.0196. The van der Waals surface area contributed by atoms with E-state index in [1.165, 1.54) is 16.7 Å². The molecule has 0 amide bonds. The Hall–Kier alpha value is -7.48. The fourth-order valence-corrected chi connectivity index (χ4v) is 8.39. The standard InChI is InChI=1S/C51H32N4/c52-33-39-32-46-47(43-24-11-10-23-42(39)43)44-25-12-13-26-45(44)51(46,40-20-8-3-9-21-40)41-22-14-19-38(31-41)34-27-29-37(30-28-34)50-54-48(35-15-4-1-5-16-35)53-49(55-50)36-17-6-2-7-18-36/h1-32H. The highest BCUT2D eigenvalue weighted by atomic mass is 15.0. The third-order valence-electron chi connectivity index (χ3n) is 10.8. The number of hydrogen-bond acceptors (Lipinski definition) is 4. The molecule has 0 bridgehead atoms. The third-order valence-corrected chi connectivity index (χ3v) is 10.8. The van der Waals surface area contributed by atoms with Crippen molar-refractivity contribution in [2.45, 2.75) is 5.41 Å². The van der Waals surface area contributed by atoms with Crippen LogP contribution in [0.15, 0.2) is 194 Å². The summed E-state index contributed by atoms with van der Waals surface area (Å²) in [6.07, 6.45) is 0. The van der Waals surface area contributed by atoms with Gasteiger partial charge in [-0.3, -0.25) is 0 Å². The zero-order chi connectivity index (χ0) is 36.8. The van der Waals surface area contributed by atoms with E-state index < -0.39 is 5.41 Å². The van der Waals surface area contributed by atoms with Crippen molar-refractivity contribution in [3.8, 4) is 62.5 Å². The molecule has 0 N–H and O–H groups in total. The number of fused-ring (bicyclic) bond motifs is 5. The zero-order valence-corrected chi connectivity index (χ0v) is 29.8. The number of hydrogen-bond donors (Lipinski definition) is 0. The van der Waals surface area contributed by atoms with Crippen molar-refractivity contribution in [1.82, 2.24) is 15.0 Å². The molecule has 0 spiro atoms. The van der Waals surface area contributed by atoms with Crippen molar-refractivity contribution >= 4 is 10.8 Å². The summed E-state index contributed by atoms with van der Waals surface area (Å²) in [6.45, 7) is 0. The van der Waals surface area contributed by atoms with Crippen LogP contribution in [0.5, 0.6) is 0 Å². The average Bonchev–Trinajstić information content (AvgIpc) is 3.58. The number of nitrogens with zero attached hydrogens (tertiary/aromatic N) is 4. The molecular formula is C51H32N4. The largest absolute Gasteiger partial charge is 0.208 e. The van der Waals surface area contributed by atoms with Gasteiger partial charge < -0.3 is 0 Å². The Balaban J connectivity index is 1.13. The number of benzene rings is 8. The number of nitriles is 1. The van der Waals surface area contributed by atoms with Gasteiger partial charge >= 0.3 is 0 Å². The van der Waals surface area contributed by atoms with Crippen molar-refractivity contribution < 1.29 is 0 Å². The Morgan fingerprint density at radius 2 is 0.873 bits per heavy atom. The highest BCUT2D eigenvalue weighted by Crippen LogP contribution is 2.58. The molecule has 0 radical (unpaired) electrons. The van der Waals surface area contributed by atoms with Crippen molar-refractivity contribution in [2.75, 3.05) is 0 Å². The van der Waals surface area contributed by atoms with E-state index in [2.05, 4.69) is 133 Å². The minimum atomic E-state index is -0.647. The molecule has 0 saturated heterocycles. The number of rotatable bonds is 6. The molecule has 1 unspecified atom stereocenters. The van der Waals surface area contributed by atoms with Crippen LogP contribution < -0.4 is 0 Å². The molecule has 0 aliphatic heterocycles. The van der Waals surface area contributed by atoms with E-state index in [-0.39, 0.29) is 0 Å². The second-order valence-corrected chi connectivity index (χ2v) is 13.9. The molecule has 8 aromatic carbocycles. The van der Waals surface area contributed by atoms with Crippen LogP contribution in [0.3, 0.4) is 0 Å². The average molecular weight is 701 g/mol. The fourth-order valence-electron chi connectivity index (χ4n) is 8.39. The molecule has 4 heteroatoms. The maximum Gasteiger partial charge on any atom is 0.164 e. The van der Waals surface area contributed by atoms with Crippen molar-refractivity contribution in [3.63, 3.8) is 0 Å². The molecule has 1 aliphatic carbocycles. The molecule has 0 saturated carbocycles. The lowest BCUT2D eigenvalue weighted by molar-refractivity contribution is 0.769. The summed E-state index contributed by atoms with van der Waals surface area (Å²) < 4.78 is 0. The predicted octanol–water partition coefficient (Wildman–Crippen LogP) is 11.9. The normalized spacial score (nSPS) is 14.2. The third kappa shape index (κ3) is 5.25. The van der Waals surface area contributed by atoms with Gasteiger partial charge in [0.2, 0.25) is 0 Å². The Morgan fingerprint density at radius 3 is 1.51 bits per heavy atom. The van der Waals surface area contributed by atoms with Crippen molar-refractivity contribution in [3.05, 3.63) is 222 Å². The summed E-state index contributed by atoms with van der Waals surface area (Å²) in [7, 11) is 0. The van der Waals surface area contributed by atoms with E-state index >= 15 is 0 Å². The first-order chi connectivity index (χ1) is 27.2. The van der Waals surface area contributed by atoms with Gasteiger partial charge in [0, 0.05) is 22.1 Å². The Morgan fingerprint density at radius 1 is 0.382 bits per heavy atom. The Labute approximate surface area is 319 Å². The minimum Gasteiger partial charge on any atom is -0.208 e. The Kier molecular flexibility index (Phi) is 7.71. The maximum atomic E-state index is 10.5. The second-order valence-electron chi connectivity index (χ2n) is 13.9. The first-order valence-electron chi connectivity index (χ1n) is 18.4. The highest BCUT2D eigenvalue weighted by Gasteiger charge is 2.47. The van der Waals surface area contributed by atoms with Crippen molar-refractivity contribution in [1.29, 1.82) is 5.26 Å². The predicted molar refractivity (Wildman–Crippen MR) is 221 cm³/mol. The van der Waals surface area contributed by atoms with E-state index in [1.54, 1.807) is 0 Å². The molecular weight excluding hydrogens is 669 g/mol. The second kappa shape index (κ2) is 13.2. The topological polar surface area (TPSA) is 62.5 Å². The number of aromatic nitrogens is 3. The van der Waals surface area contributed by atoms with E-state index in [1.807, 2.05) is 66.7 Å². The highest BCUT2D eigenvalue weighted by molar-refractivity contribution is 6.06. The van der Waals surface area contributed by atoms with Crippen LogP contribution in [-0.4, -0.2) is 15.0 Å². The van der Waals surface area contributed by atoms with Crippen LogP contribution in [0.2, 0.25) is 0 Å². The zero-order valence-electron chi connectivity index (χ0n) is 29.8. The lowest BCUT2D eigenvalue weighted by Gasteiger charge is -2.34. The van der Waals surface area contributed by atoms with Gasteiger partial charge in [0.25, 0.3) is 0 Å². The molecule has 1 atom stereocenters. The van der Waals surface area contributed by atoms with Gasteiger partial charge in [0.1, 0.15) is 0 Å². The van der Waals surface area contributed by atoms with Crippen LogP contribution in [0.4, 0.5) is 0 Å². The Bertz CT molecular complexity index is 2860. The van der Waals surface area contributed by atoms with Gasteiger partial charge in [-0.1, -0.05) is 182 Å². The molecule has 9 aromatic rings. The molecule has 1 heterocycles. The van der Waals surface area contributed by atoms with Crippen LogP contribution in [0.25, 0.3) is 67.2 Å². The van der Waals surface area contributed by atoms with Gasteiger partial charge in [0.05, 0.1) is 17.0 Å². The van der Waals surface area contributed by atoms with E-state index in [0.717, 1.165) is 55.3 Å². The quantitative estimate of drug-likeness (QED) is 0.173. The summed E-state index contributed by atoms with van der Waals surface area (Å²) >= 11 is 0. The van der Waals surface area contributed by atoms with Crippen molar-refractivity contribution in [2.24, 2.45) is 0 Å². The van der Waals surface area contributed by atoms with E-state index in [0.29, 0.717) is 23.0 Å². The molecule has 256 valence electrons. The summed E-state index contributed by atoms with van der Waals surface area (Å²) in [5.74, 6) is 1.89. The lowest BCUT2D eigenvalue weighted by Crippen LogP contribution is -2.28. The van der Waals surface area contributed by atoms with Gasteiger partial charge in [-0.25, -0.2) is 15.0 Å².